The van der Waals surface area contributed by atoms with Crippen molar-refractivity contribution in [1.29, 1.82) is 0 Å². The van der Waals surface area contributed by atoms with Crippen molar-refractivity contribution in [3.8, 4) is 5.75 Å². The van der Waals surface area contributed by atoms with E-state index >= 15 is 0 Å². The summed E-state index contributed by atoms with van der Waals surface area (Å²) >= 11 is 0. The Morgan fingerprint density at radius 3 is 2.38 bits per heavy atom. The summed E-state index contributed by atoms with van der Waals surface area (Å²) in [6.07, 6.45) is 0.777. The highest BCUT2D eigenvalue weighted by atomic mass is 16.5. The Kier molecular flexibility index (Phi) is 6.25. The Bertz CT molecular complexity index is 511. The number of aliphatic hydroxyl groups excluding tert-OH is 1. The molecule has 2 rings (SSSR count). The van der Waals surface area contributed by atoms with Crippen molar-refractivity contribution in [3.05, 3.63) is 65.7 Å². The molecule has 0 aliphatic heterocycles. The Hall–Kier alpha value is -1.84. The molecule has 2 aromatic rings. The van der Waals surface area contributed by atoms with Gasteiger partial charge in [-0.1, -0.05) is 42.5 Å². The van der Waals surface area contributed by atoms with Crippen LogP contribution in [0.15, 0.2) is 54.6 Å². The van der Waals surface area contributed by atoms with Crippen LogP contribution in [0.5, 0.6) is 5.75 Å². The third-order valence-corrected chi connectivity index (χ3v) is 3.63. The van der Waals surface area contributed by atoms with Crippen LogP contribution < -0.4 is 10.1 Å². The molecular formula is C18H23NO2. The summed E-state index contributed by atoms with van der Waals surface area (Å²) in [5.41, 5.74) is 2.50. The van der Waals surface area contributed by atoms with E-state index in [1.807, 2.05) is 30.3 Å². The van der Waals surface area contributed by atoms with E-state index in [0.717, 1.165) is 25.3 Å². The highest BCUT2D eigenvalue weighted by Crippen LogP contribution is 2.18. The molecular weight excluding hydrogens is 262 g/mol. The van der Waals surface area contributed by atoms with Crippen LogP contribution in [0.1, 0.15) is 23.5 Å². The fourth-order valence-electron chi connectivity index (χ4n) is 2.40. The van der Waals surface area contributed by atoms with E-state index in [0.29, 0.717) is 5.92 Å². The van der Waals surface area contributed by atoms with Gasteiger partial charge in [-0.05, 0) is 35.6 Å². The van der Waals surface area contributed by atoms with E-state index in [2.05, 4.69) is 29.6 Å². The third-order valence-electron chi connectivity index (χ3n) is 3.63. The number of aliphatic hydroxyl groups is 1. The van der Waals surface area contributed by atoms with Crippen molar-refractivity contribution in [2.24, 2.45) is 0 Å². The Morgan fingerprint density at radius 2 is 1.76 bits per heavy atom. The van der Waals surface area contributed by atoms with Gasteiger partial charge in [-0.3, -0.25) is 0 Å². The fraction of sp³-hybridized carbons (Fsp3) is 0.333. The first kappa shape index (κ1) is 15.5. The summed E-state index contributed by atoms with van der Waals surface area (Å²) in [7, 11) is 1.67. The highest BCUT2D eigenvalue weighted by Gasteiger charge is 2.10. The molecule has 0 saturated heterocycles. The molecule has 3 heteroatoms. The Balaban J connectivity index is 1.87. The van der Waals surface area contributed by atoms with Gasteiger partial charge in [-0.25, -0.2) is 0 Å². The van der Waals surface area contributed by atoms with E-state index in [1.54, 1.807) is 7.11 Å². The average molecular weight is 285 g/mol. The maximum absolute atomic E-state index is 9.23. The summed E-state index contributed by atoms with van der Waals surface area (Å²) in [6.45, 7) is 1.89. The number of nitrogens with one attached hydrogen (secondary N) is 1. The molecule has 0 bridgehead atoms. The maximum atomic E-state index is 9.23. The molecule has 0 aliphatic carbocycles. The molecule has 0 radical (unpaired) electrons. The SMILES string of the molecule is COc1ccc(CNCC(CCO)c2ccccc2)cc1. The lowest BCUT2D eigenvalue weighted by molar-refractivity contribution is 0.273. The third kappa shape index (κ3) is 4.88. The zero-order chi connectivity index (χ0) is 14.9. The second-order valence-corrected chi connectivity index (χ2v) is 5.10. The number of hydrogen-bond acceptors (Lipinski definition) is 3. The van der Waals surface area contributed by atoms with Gasteiger partial charge in [0, 0.05) is 19.7 Å². The second kappa shape index (κ2) is 8.45. The summed E-state index contributed by atoms with van der Waals surface area (Å²) in [6, 6.07) is 18.4. The molecule has 0 aromatic heterocycles. The smallest absolute Gasteiger partial charge is 0.118 e. The van der Waals surface area contributed by atoms with E-state index in [4.69, 9.17) is 4.74 Å². The monoisotopic (exact) mass is 285 g/mol. The summed E-state index contributed by atoms with van der Waals surface area (Å²) in [5.74, 6) is 1.22. The minimum atomic E-state index is 0.212. The molecule has 0 spiro atoms. The average Bonchev–Trinajstić information content (AvgIpc) is 2.55. The topological polar surface area (TPSA) is 41.5 Å². The first-order chi connectivity index (χ1) is 10.3. The van der Waals surface area contributed by atoms with Gasteiger partial charge in [-0.15, -0.1) is 0 Å². The number of hydrogen-bond donors (Lipinski definition) is 2. The quantitative estimate of drug-likeness (QED) is 0.783. The molecule has 2 aromatic carbocycles. The van der Waals surface area contributed by atoms with Gasteiger partial charge in [0.05, 0.1) is 7.11 Å². The number of ether oxygens (including phenoxy) is 1. The van der Waals surface area contributed by atoms with Crippen LogP contribution in [0.4, 0.5) is 0 Å². The number of benzene rings is 2. The Labute approximate surface area is 126 Å². The molecule has 0 saturated carbocycles. The molecule has 112 valence electrons. The number of methoxy groups -OCH3 is 1. The molecule has 0 heterocycles. The van der Waals surface area contributed by atoms with Gasteiger partial charge in [0.2, 0.25) is 0 Å². The van der Waals surface area contributed by atoms with Crippen LogP contribution in [-0.2, 0) is 6.54 Å². The maximum Gasteiger partial charge on any atom is 0.118 e. The molecule has 0 amide bonds. The predicted molar refractivity (Wildman–Crippen MR) is 85.6 cm³/mol. The zero-order valence-corrected chi connectivity index (χ0v) is 12.5. The fourth-order valence-corrected chi connectivity index (χ4v) is 2.40. The number of rotatable bonds is 8. The van der Waals surface area contributed by atoms with Gasteiger partial charge >= 0.3 is 0 Å². The van der Waals surface area contributed by atoms with E-state index in [-0.39, 0.29) is 6.61 Å². The van der Waals surface area contributed by atoms with Crippen LogP contribution in [0.25, 0.3) is 0 Å². The van der Waals surface area contributed by atoms with Crippen molar-refractivity contribution >= 4 is 0 Å². The van der Waals surface area contributed by atoms with Crippen molar-refractivity contribution in [2.45, 2.75) is 18.9 Å². The molecule has 3 nitrogen and oxygen atoms in total. The lowest BCUT2D eigenvalue weighted by Gasteiger charge is -2.17. The predicted octanol–water partition coefficient (Wildman–Crippen LogP) is 2.95. The van der Waals surface area contributed by atoms with Gasteiger partial charge in [-0.2, -0.15) is 0 Å². The zero-order valence-electron chi connectivity index (χ0n) is 12.5. The minimum Gasteiger partial charge on any atom is -0.497 e. The van der Waals surface area contributed by atoms with Crippen molar-refractivity contribution < 1.29 is 9.84 Å². The molecule has 0 aliphatic rings. The van der Waals surface area contributed by atoms with Crippen LogP contribution >= 0.6 is 0 Å². The van der Waals surface area contributed by atoms with Crippen molar-refractivity contribution in [3.63, 3.8) is 0 Å². The summed E-state index contributed by atoms with van der Waals surface area (Å²) < 4.78 is 5.15. The molecule has 0 fully saturated rings. The van der Waals surface area contributed by atoms with Crippen LogP contribution in [0.3, 0.4) is 0 Å². The molecule has 1 atom stereocenters. The highest BCUT2D eigenvalue weighted by molar-refractivity contribution is 5.27. The first-order valence-corrected chi connectivity index (χ1v) is 7.33. The van der Waals surface area contributed by atoms with Gasteiger partial charge < -0.3 is 15.2 Å². The van der Waals surface area contributed by atoms with E-state index < -0.39 is 0 Å². The van der Waals surface area contributed by atoms with Gasteiger partial charge in [0.1, 0.15) is 5.75 Å². The lowest BCUT2D eigenvalue weighted by atomic mass is 9.96. The van der Waals surface area contributed by atoms with E-state index in [9.17, 15) is 5.11 Å². The molecule has 1 unspecified atom stereocenters. The van der Waals surface area contributed by atoms with Crippen LogP contribution in [0, 0.1) is 0 Å². The van der Waals surface area contributed by atoms with Gasteiger partial charge in [0.15, 0.2) is 0 Å². The molecule has 2 N–H and O–H groups in total. The van der Waals surface area contributed by atoms with Gasteiger partial charge in [0.25, 0.3) is 0 Å². The standard InChI is InChI=1S/C18H23NO2/c1-21-18-9-7-15(8-10-18)13-19-14-17(11-12-20)16-5-3-2-4-6-16/h2-10,17,19-20H,11-14H2,1H3. The van der Waals surface area contributed by atoms with E-state index in [1.165, 1.54) is 11.1 Å². The Morgan fingerprint density at radius 1 is 1.05 bits per heavy atom. The van der Waals surface area contributed by atoms with Crippen molar-refractivity contribution in [2.75, 3.05) is 20.3 Å². The minimum absolute atomic E-state index is 0.212. The normalized spacial score (nSPS) is 12.1. The van der Waals surface area contributed by atoms with Crippen LogP contribution in [0.2, 0.25) is 0 Å². The second-order valence-electron chi connectivity index (χ2n) is 5.10. The van der Waals surface area contributed by atoms with Crippen molar-refractivity contribution in [1.82, 2.24) is 5.32 Å². The summed E-state index contributed by atoms with van der Waals surface area (Å²) in [4.78, 5) is 0. The lowest BCUT2D eigenvalue weighted by Crippen LogP contribution is -2.22. The summed E-state index contributed by atoms with van der Waals surface area (Å²) in [5, 5.41) is 12.7. The first-order valence-electron chi connectivity index (χ1n) is 7.33. The van der Waals surface area contributed by atoms with Crippen LogP contribution in [-0.4, -0.2) is 25.4 Å². The molecule has 21 heavy (non-hydrogen) atoms. The largest absolute Gasteiger partial charge is 0.497 e.